The smallest absolute Gasteiger partial charge is 0.344 e. The number of anilines is 1. The van der Waals surface area contributed by atoms with E-state index in [0.717, 1.165) is 0 Å². The molecular formula is C14H13Cl2N3O4. The first-order chi connectivity index (χ1) is 10.8. The van der Waals surface area contributed by atoms with Crippen molar-refractivity contribution in [3.63, 3.8) is 0 Å². The number of hydrogen-bond donors (Lipinski definition) is 1. The molecule has 2 aromatic heterocycles. The van der Waals surface area contributed by atoms with Gasteiger partial charge in [0.1, 0.15) is 11.3 Å². The van der Waals surface area contributed by atoms with Crippen molar-refractivity contribution in [1.82, 2.24) is 10.1 Å². The van der Waals surface area contributed by atoms with E-state index in [1.807, 2.05) is 0 Å². The summed E-state index contributed by atoms with van der Waals surface area (Å²) in [5, 5.41) is 6.67. The zero-order chi connectivity index (χ0) is 17.1. The highest BCUT2D eigenvalue weighted by molar-refractivity contribution is 6.36. The molecule has 0 aliphatic carbocycles. The van der Waals surface area contributed by atoms with Crippen LogP contribution in [-0.2, 0) is 9.53 Å². The highest BCUT2D eigenvalue weighted by atomic mass is 35.5. The van der Waals surface area contributed by atoms with Crippen molar-refractivity contribution in [2.45, 2.75) is 20.8 Å². The summed E-state index contributed by atoms with van der Waals surface area (Å²) in [6, 6.07) is 1.47. The summed E-state index contributed by atoms with van der Waals surface area (Å²) in [5.74, 6) is -0.804. The minimum absolute atomic E-state index is 0.145. The van der Waals surface area contributed by atoms with Crippen molar-refractivity contribution < 1.29 is 18.8 Å². The van der Waals surface area contributed by atoms with E-state index in [0.29, 0.717) is 22.2 Å². The quantitative estimate of drug-likeness (QED) is 0.844. The number of carbonyl (C=O) groups is 2. The molecule has 7 nitrogen and oxygen atoms in total. The molecule has 0 atom stereocenters. The van der Waals surface area contributed by atoms with Crippen LogP contribution >= 0.6 is 23.2 Å². The lowest BCUT2D eigenvalue weighted by Gasteiger charge is -2.08. The summed E-state index contributed by atoms with van der Waals surface area (Å²) in [6.45, 7) is 4.36. The van der Waals surface area contributed by atoms with Crippen molar-refractivity contribution in [3.8, 4) is 0 Å². The summed E-state index contributed by atoms with van der Waals surface area (Å²) in [6.07, 6.45) is 0. The third-order valence-corrected chi connectivity index (χ3v) is 3.61. The van der Waals surface area contributed by atoms with Crippen molar-refractivity contribution >= 4 is 40.9 Å². The molecule has 0 saturated carbocycles. The maximum Gasteiger partial charge on any atom is 0.344 e. The number of pyridine rings is 1. The highest BCUT2D eigenvalue weighted by Gasteiger charge is 2.20. The third kappa shape index (κ3) is 4.00. The average molecular weight is 358 g/mol. The van der Waals surface area contributed by atoms with Gasteiger partial charge in [0, 0.05) is 0 Å². The lowest BCUT2D eigenvalue weighted by Crippen LogP contribution is -2.22. The SMILES string of the molecule is Cc1nc(NC(=O)COC(=O)c2c(C)noc2C)c(Cl)cc1Cl. The molecule has 1 N–H and O–H groups in total. The molecule has 122 valence electrons. The lowest BCUT2D eigenvalue weighted by molar-refractivity contribution is -0.119. The topological polar surface area (TPSA) is 94.3 Å². The van der Waals surface area contributed by atoms with Crippen LogP contribution in [-0.4, -0.2) is 28.6 Å². The predicted octanol–water partition coefficient (Wildman–Crippen LogP) is 3.10. The van der Waals surface area contributed by atoms with Crippen molar-refractivity contribution in [3.05, 3.63) is 38.8 Å². The minimum atomic E-state index is -0.692. The molecule has 2 aromatic rings. The Morgan fingerprint density at radius 3 is 2.52 bits per heavy atom. The summed E-state index contributed by atoms with van der Waals surface area (Å²) in [7, 11) is 0. The molecule has 0 aliphatic rings. The van der Waals surface area contributed by atoms with Crippen LogP contribution in [0, 0.1) is 20.8 Å². The van der Waals surface area contributed by atoms with Crippen LogP contribution in [0.3, 0.4) is 0 Å². The van der Waals surface area contributed by atoms with Crippen molar-refractivity contribution in [2.75, 3.05) is 11.9 Å². The number of nitrogens with one attached hydrogen (secondary N) is 1. The van der Waals surface area contributed by atoms with Gasteiger partial charge in [-0.25, -0.2) is 9.78 Å². The van der Waals surface area contributed by atoms with Gasteiger partial charge in [-0.2, -0.15) is 0 Å². The monoisotopic (exact) mass is 357 g/mol. The normalized spacial score (nSPS) is 10.5. The zero-order valence-electron chi connectivity index (χ0n) is 12.6. The van der Waals surface area contributed by atoms with Gasteiger partial charge in [-0.15, -0.1) is 0 Å². The fourth-order valence-electron chi connectivity index (χ4n) is 1.79. The highest BCUT2D eigenvalue weighted by Crippen LogP contribution is 2.25. The van der Waals surface area contributed by atoms with Gasteiger partial charge in [-0.3, -0.25) is 4.79 Å². The van der Waals surface area contributed by atoms with E-state index in [4.69, 9.17) is 32.5 Å². The molecular weight excluding hydrogens is 345 g/mol. The summed E-state index contributed by atoms with van der Waals surface area (Å²) in [4.78, 5) is 27.8. The van der Waals surface area contributed by atoms with E-state index in [2.05, 4.69) is 15.5 Å². The number of nitrogens with zero attached hydrogens (tertiary/aromatic N) is 2. The fourth-order valence-corrected chi connectivity index (χ4v) is 2.20. The van der Waals surface area contributed by atoms with Crippen LogP contribution < -0.4 is 5.32 Å². The fraction of sp³-hybridized carbons (Fsp3) is 0.286. The van der Waals surface area contributed by atoms with Crippen molar-refractivity contribution in [1.29, 1.82) is 0 Å². The molecule has 0 spiro atoms. The Bertz CT molecular complexity index is 754. The van der Waals surface area contributed by atoms with Crippen LogP contribution in [0.5, 0.6) is 0 Å². The maximum absolute atomic E-state index is 11.9. The Labute approximate surface area is 141 Å². The molecule has 0 unspecified atom stereocenters. The van der Waals surface area contributed by atoms with Gasteiger partial charge in [0.2, 0.25) is 0 Å². The first-order valence-corrected chi connectivity index (χ1v) is 7.27. The lowest BCUT2D eigenvalue weighted by atomic mass is 10.2. The van der Waals surface area contributed by atoms with E-state index < -0.39 is 18.5 Å². The van der Waals surface area contributed by atoms with Gasteiger partial charge in [0.15, 0.2) is 12.4 Å². The van der Waals surface area contributed by atoms with Crippen LogP contribution in [0.2, 0.25) is 10.0 Å². The Hall–Kier alpha value is -2.12. The number of carbonyl (C=O) groups excluding carboxylic acids is 2. The van der Waals surface area contributed by atoms with Crippen LogP contribution in [0.25, 0.3) is 0 Å². The standard InChI is InChI=1S/C14H13Cl2N3O4/c1-6-9(15)4-10(16)13(17-6)18-11(20)5-22-14(21)12-7(2)19-23-8(12)3/h4H,5H2,1-3H3,(H,17,18,20). The molecule has 9 heteroatoms. The molecule has 0 aromatic carbocycles. The number of aryl methyl sites for hydroxylation is 3. The molecule has 0 bridgehead atoms. The second-order valence-corrected chi connectivity index (χ2v) is 5.52. The number of ether oxygens (including phenoxy) is 1. The first kappa shape index (κ1) is 17.2. The Morgan fingerprint density at radius 1 is 1.22 bits per heavy atom. The van der Waals surface area contributed by atoms with Crippen LogP contribution in [0.4, 0.5) is 5.82 Å². The molecule has 0 fully saturated rings. The molecule has 1 amide bonds. The van der Waals surface area contributed by atoms with E-state index in [-0.39, 0.29) is 16.4 Å². The number of rotatable bonds is 4. The second kappa shape index (κ2) is 6.97. The minimum Gasteiger partial charge on any atom is -0.452 e. The molecule has 2 rings (SSSR count). The molecule has 0 aliphatic heterocycles. The molecule has 23 heavy (non-hydrogen) atoms. The molecule has 2 heterocycles. The molecule has 0 radical (unpaired) electrons. The van der Waals surface area contributed by atoms with Crippen LogP contribution in [0.15, 0.2) is 10.6 Å². The van der Waals surface area contributed by atoms with E-state index in [9.17, 15) is 9.59 Å². The largest absolute Gasteiger partial charge is 0.452 e. The van der Waals surface area contributed by atoms with Gasteiger partial charge in [0.25, 0.3) is 5.91 Å². The number of hydrogen-bond acceptors (Lipinski definition) is 6. The number of aromatic nitrogens is 2. The average Bonchev–Trinajstić information content (AvgIpc) is 2.81. The maximum atomic E-state index is 11.9. The van der Waals surface area contributed by atoms with Crippen LogP contribution in [0.1, 0.15) is 27.5 Å². The Balaban J connectivity index is 1.98. The summed E-state index contributed by atoms with van der Waals surface area (Å²) in [5.41, 5.74) is 1.11. The Kier molecular flexibility index (Phi) is 5.23. The number of amides is 1. The number of esters is 1. The third-order valence-electron chi connectivity index (χ3n) is 2.93. The first-order valence-electron chi connectivity index (χ1n) is 6.52. The van der Waals surface area contributed by atoms with E-state index in [1.165, 1.54) is 6.07 Å². The molecule has 0 saturated heterocycles. The van der Waals surface area contributed by atoms with E-state index in [1.54, 1.807) is 20.8 Å². The van der Waals surface area contributed by atoms with E-state index >= 15 is 0 Å². The summed E-state index contributed by atoms with van der Waals surface area (Å²) >= 11 is 11.8. The summed E-state index contributed by atoms with van der Waals surface area (Å²) < 4.78 is 9.80. The number of halogens is 2. The van der Waals surface area contributed by atoms with Crippen molar-refractivity contribution in [2.24, 2.45) is 0 Å². The van der Waals surface area contributed by atoms with Gasteiger partial charge in [0.05, 0.1) is 21.4 Å². The van der Waals surface area contributed by atoms with Gasteiger partial charge >= 0.3 is 5.97 Å². The zero-order valence-corrected chi connectivity index (χ0v) is 14.1. The second-order valence-electron chi connectivity index (χ2n) is 4.71. The Morgan fingerprint density at radius 2 is 1.91 bits per heavy atom. The van der Waals surface area contributed by atoms with Gasteiger partial charge in [-0.05, 0) is 26.8 Å². The van der Waals surface area contributed by atoms with Gasteiger partial charge in [-0.1, -0.05) is 28.4 Å². The predicted molar refractivity (Wildman–Crippen MR) is 83.9 cm³/mol. The van der Waals surface area contributed by atoms with Gasteiger partial charge < -0.3 is 14.6 Å².